The summed E-state index contributed by atoms with van der Waals surface area (Å²) in [7, 11) is 2.10. The molecule has 0 saturated carbocycles. The summed E-state index contributed by atoms with van der Waals surface area (Å²) < 4.78 is 1.14. The number of hydrogen-bond acceptors (Lipinski definition) is 2. The van der Waals surface area contributed by atoms with Gasteiger partial charge in [-0.25, -0.2) is 0 Å². The number of hydrogen-bond donors (Lipinski definition) is 1. The van der Waals surface area contributed by atoms with Gasteiger partial charge in [-0.05, 0) is 51.9 Å². The van der Waals surface area contributed by atoms with Crippen LogP contribution in [0.15, 0.2) is 28.7 Å². The lowest BCUT2D eigenvalue weighted by molar-refractivity contribution is -0.147. The van der Waals surface area contributed by atoms with Crippen LogP contribution >= 0.6 is 15.9 Å². The highest BCUT2D eigenvalue weighted by Crippen LogP contribution is 2.23. The Kier molecular flexibility index (Phi) is 6.69. The van der Waals surface area contributed by atoms with Gasteiger partial charge < -0.3 is 10.0 Å². The van der Waals surface area contributed by atoms with Crippen molar-refractivity contribution < 1.29 is 9.90 Å². The summed E-state index contributed by atoms with van der Waals surface area (Å²) in [4.78, 5) is 13.3. The second-order valence-corrected chi connectivity index (χ2v) is 6.83. The Labute approximate surface area is 130 Å². The Morgan fingerprint density at radius 2 is 1.95 bits per heavy atom. The molecule has 0 heterocycles. The summed E-state index contributed by atoms with van der Waals surface area (Å²) in [6, 6.07) is 8.23. The summed E-state index contributed by atoms with van der Waals surface area (Å²) in [5.74, 6) is -0.709. The SMILES string of the molecule is CN(CCCCC(C)(C)C(=O)O)Cc1ccccc1Br. The minimum Gasteiger partial charge on any atom is -0.481 e. The quantitative estimate of drug-likeness (QED) is 0.721. The van der Waals surface area contributed by atoms with Crippen LogP contribution in [-0.4, -0.2) is 29.6 Å². The molecule has 0 saturated heterocycles. The van der Waals surface area contributed by atoms with Crippen molar-refractivity contribution >= 4 is 21.9 Å². The number of unbranched alkanes of at least 4 members (excludes halogenated alkanes) is 1. The van der Waals surface area contributed by atoms with Crippen LogP contribution in [0.1, 0.15) is 38.7 Å². The molecule has 112 valence electrons. The molecule has 1 N–H and O–H groups in total. The lowest BCUT2D eigenvalue weighted by atomic mass is 9.87. The summed E-state index contributed by atoms with van der Waals surface area (Å²) in [6.07, 6.45) is 2.70. The molecule has 4 heteroatoms. The van der Waals surface area contributed by atoms with E-state index in [2.05, 4.69) is 40.0 Å². The van der Waals surface area contributed by atoms with Crippen molar-refractivity contribution in [3.05, 3.63) is 34.3 Å². The monoisotopic (exact) mass is 341 g/mol. The van der Waals surface area contributed by atoms with Crippen LogP contribution in [0.25, 0.3) is 0 Å². The molecule has 0 bridgehead atoms. The van der Waals surface area contributed by atoms with E-state index in [4.69, 9.17) is 5.11 Å². The maximum absolute atomic E-state index is 11.0. The highest BCUT2D eigenvalue weighted by Gasteiger charge is 2.25. The topological polar surface area (TPSA) is 40.5 Å². The van der Waals surface area contributed by atoms with E-state index in [1.807, 2.05) is 12.1 Å². The second-order valence-electron chi connectivity index (χ2n) is 5.98. The average Bonchev–Trinajstić information content (AvgIpc) is 2.37. The van der Waals surface area contributed by atoms with Crippen molar-refractivity contribution in [2.24, 2.45) is 5.41 Å². The smallest absolute Gasteiger partial charge is 0.309 e. The van der Waals surface area contributed by atoms with E-state index in [0.717, 1.165) is 36.8 Å². The van der Waals surface area contributed by atoms with E-state index in [-0.39, 0.29) is 0 Å². The Bertz CT molecular complexity index is 446. The Morgan fingerprint density at radius 3 is 2.55 bits per heavy atom. The average molecular weight is 342 g/mol. The molecule has 0 spiro atoms. The van der Waals surface area contributed by atoms with E-state index >= 15 is 0 Å². The number of carbonyl (C=O) groups is 1. The molecule has 0 fully saturated rings. The summed E-state index contributed by atoms with van der Waals surface area (Å²) in [5.41, 5.74) is 0.668. The lowest BCUT2D eigenvalue weighted by Crippen LogP contribution is -2.24. The predicted octanol–water partition coefficient (Wildman–Crippen LogP) is 4.16. The first-order chi connectivity index (χ1) is 9.33. The van der Waals surface area contributed by atoms with Crippen LogP contribution < -0.4 is 0 Å². The fourth-order valence-electron chi connectivity index (χ4n) is 2.05. The largest absolute Gasteiger partial charge is 0.481 e. The van der Waals surface area contributed by atoms with Crippen LogP contribution in [0.5, 0.6) is 0 Å². The molecule has 0 aliphatic rings. The zero-order valence-corrected chi connectivity index (χ0v) is 14.1. The number of carboxylic acids is 1. The summed E-state index contributed by atoms with van der Waals surface area (Å²) >= 11 is 3.56. The molecule has 0 aliphatic carbocycles. The van der Waals surface area contributed by atoms with Crippen molar-refractivity contribution in [1.29, 1.82) is 0 Å². The Morgan fingerprint density at radius 1 is 1.30 bits per heavy atom. The Hall–Kier alpha value is -0.870. The van der Waals surface area contributed by atoms with Gasteiger partial charge >= 0.3 is 5.97 Å². The molecule has 0 unspecified atom stereocenters. The van der Waals surface area contributed by atoms with Gasteiger partial charge in [-0.15, -0.1) is 0 Å². The van der Waals surface area contributed by atoms with Crippen LogP contribution in [0.4, 0.5) is 0 Å². The first kappa shape index (κ1) is 17.2. The van der Waals surface area contributed by atoms with E-state index in [9.17, 15) is 4.79 Å². The number of nitrogens with zero attached hydrogens (tertiary/aromatic N) is 1. The van der Waals surface area contributed by atoms with Crippen molar-refractivity contribution in [2.45, 2.75) is 39.7 Å². The van der Waals surface area contributed by atoms with Gasteiger partial charge in [0.25, 0.3) is 0 Å². The van der Waals surface area contributed by atoms with Crippen LogP contribution in [0.3, 0.4) is 0 Å². The normalized spacial score (nSPS) is 11.8. The van der Waals surface area contributed by atoms with Gasteiger partial charge in [0.05, 0.1) is 5.41 Å². The van der Waals surface area contributed by atoms with Crippen LogP contribution in [-0.2, 0) is 11.3 Å². The maximum atomic E-state index is 11.0. The molecule has 0 radical (unpaired) electrons. The number of aliphatic carboxylic acids is 1. The van der Waals surface area contributed by atoms with Gasteiger partial charge in [-0.1, -0.05) is 40.5 Å². The van der Waals surface area contributed by atoms with Crippen molar-refractivity contribution in [3.63, 3.8) is 0 Å². The first-order valence-electron chi connectivity index (χ1n) is 6.98. The summed E-state index contributed by atoms with van der Waals surface area (Å²) in [6.45, 7) is 5.47. The van der Waals surface area contributed by atoms with Gasteiger partial charge in [0.15, 0.2) is 0 Å². The van der Waals surface area contributed by atoms with Crippen molar-refractivity contribution in [3.8, 4) is 0 Å². The molecular weight excluding hydrogens is 318 g/mol. The molecule has 0 aliphatic heterocycles. The van der Waals surface area contributed by atoms with Gasteiger partial charge in [0.2, 0.25) is 0 Å². The van der Waals surface area contributed by atoms with Gasteiger partial charge in [0, 0.05) is 11.0 Å². The summed E-state index contributed by atoms with van der Waals surface area (Å²) in [5, 5.41) is 9.06. The first-order valence-corrected chi connectivity index (χ1v) is 7.77. The molecule has 1 rings (SSSR count). The maximum Gasteiger partial charge on any atom is 0.309 e. The number of rotatable bonds is 8. The zero-order chi connectivity index (χ0) is 15.2. The molecule has 1 aromatic rings. The fourth-order valence-corrected chi connectivity index (χ4v) is 2.46. The molecule has 0 atom stereocenters. The van der Waals surface area contributed by atoms with Gasteiger partial charge in [-0.3, -0.25) is 4.79 Å². The molecule has 0 amide bonds. The molecule has 1 aromatic carbocycles. The van der Waals surface area contributed by atoms with E-state index in [0.29, 0.717) is 0 Å². The third-order valence-corrected chi connectivity index (χ3v) is 4.34. The van der Waals surface area contributed by atoms with Crippen LogP contribution in [0.2, 0.25) is 0 Å². The predicted molar refractivity (Wildman–Crippen MR) is 85.7 cm³/mol. The third-order valence-electron chi connectivity index (χ3n) is 3.57. The highest BCUT2D eigenvalue weighted by molar-refractivity contribution is 9.10. The lowest BCUT2D eigenvalue weighted by Gasteiger charge is -2.21. The van der Waals surface area contributed by atoms with E-state index in [1.165, 1.54) is 5.56 Å². The zero-order valence-electron chi connectivity index (χ0n) is 12.5. The second kappa shape index (κ2) is 7.79. The minimum absolute atomic E-state index is 0.610. The standard InChI is InChI=1S/C16H24BrNO2/c1-16(2,15(19)20)10-6-7-11-18(3)12-13-8-4-5-9-14(13)17/h4-5,8-9H,6-7,10-12H2,1-3H3,(H,19,20). The third kappa shape index (κ3) is 5.63. The van der Waals surface area contributed by atoms with E-state index in [1.54, 1.807) is 13.8 Å². The van der Waals surface area contributed by atoms with Crippen LogP contribution in [0, 0.1) is 5.41 Å². The number of benzene rings is 1. The highest BCUT2D eigenvalue weighted by atomic mass is 79.9. The Balaban J connectivity index is 2.29. The molecular formula is C16H24BrNO2. The van der Waals surface area contributed by atoms with Crippen molar-refractivity contribution in [1.82, 2.24) is 4.90 Å². The molecule has 20 heavy (non-hydrogen) atoms. The molecule has 0 aromatic heterocycles. The number of halogens is 1. The fraction of sp³-hybridized carbons (Fsp3) is 0.562. The minimum atomic E-state index is -0.709. The van der Waals surface area contributed by atoms with E-state index < -0.39 is 11.4 Å². The van der Waals surface area contributed by atoms with Gasteiger partial charge in [0.1, 0.15) is 0 Å². The number of carboxylic acid groups (broad SMARTS) is 1. The van der Waals surface area contributed by atoms with Crippen molar-refractivity contribution in [2.75, 3.05) is 13.6 Å². The molecule has 3 nitrogen and oxygen atoms in total. The van der Waals surface area contributed by atoms with Gasteiger partial charge in [-0.2, -0.15) is 0 Å².